The Balaban J connectivity index is 1.26. The van der Waals surface area contributed by atoms with Crippen molar-refractivity contribution in [2.24, 2.45) is 0 Å². The van der Waals surface area contributed by atoms with Crippen molar-refractivity contribution < 1.29 is 4.79 Å². The van der Waals surface area contributed by atoms with Crippen LogP contribution in [0, 0.1) is 0 Å². The molecule has 4 aromatic rings. The number of aromatic nitrogens is 2. The number of para-hydroxylation sites is 2. The van der Waals surface area contributed by atoms with Crippen molar-refractivity contribution in [2.45, 2.75) is 29.8 Å². The molecule has 0 bridgehead atoms. The predicted octanol–water partition coefficient (Wildman–Crippen LogP) is 5.48. The van der Waals surface area contributed by atoms with Crippen molar-refractivity contribution >= 4 is 40.0 Å². The maximum absolute atomic E-state index is 13.1. The number of carbonyl (C=O) groups is 1. The van der Waals surface area contributed by atoms with Crippen LogP contribution in [0.25, 0.3) is 11.0 Å². The molecule has 1 atom stereocenters. The molecule has 2 aromatic heterocycles. The molecule has 2 aromatic carbocycles. The van der Waals surface area contributed by atoms with Crippen LogP contribution < -0.4 is 5.32 Å². The normalized spacial score (nSPS) is 15.2. The lowest BCUT2D eigenvalue weighted by Gasteiger charge is -2.27. The summed E-state index contributed by atoms with van der Waals surface area (Å²) in [6.45, 7) is 2.83. The highest BCUT2D eigenvalue weighted by Gasteiger charge is 2.25. The van der Waals surface area contributed by atoms with Gasteiger partial charge >= 0.3 is 0 Å². The first-order valence-corrected chi connectivity index (χ1v) is 12.9. The monoisotopic (exact) mass is 462 g/mol. The highest BCUT2D eigenvalue weighted by Crippen LogP contribution is 2.28. The van der Waals surface area contributed by atoms with E-state index in [1.165, 1.54) is 17.7 Å². The van der Waals surface area contributed by atoms with Gasteiger partial charge in [0, 0.05) is 22.7 Å². The summed E-state index contributed by atoms with van der Waals surface area (Å²) < 4.78 is 0. The van der Waals surface area contributed by atoms with Gasteiger partial charge < -0.3 is 10.3 Å². The number of carbonyl (C=O) groups excluding carboxylic acids is 1. The van der Waals surface area contributed by atoms with Crippen molar-refractivity contribution in [3.05, 3.63) is 82.0 Å². The number of nitrogens with zero attached hydrogens (tertiary/aromatic N) is 2. The predicted molar refractivity (Wildman–Crippen MR) is 132 cm³/mol. The van der Waals surface area contributed by atoms with Crippen LogP contribution in [0.15, 0.2) is 71.2 Å². The molecule has 0 aliphatic carbocycles. The number of hydrogen-bond acceptors (Lipinski definition) is 5. The van der Waals surface area contributed by atoms with Crippen LogP contribution >= 0.6 is 23.1 Å². The molecule has 0 saturated carbocycles. The van der Waals surface area contributed by atoms with E-state index in [2.05, 4.69) is 37.7 Å². The molecule has 0 spiro atoms. The quantitative estimate of drug-likeness (QED) is 0.340. The number of rotatable bonds is 8. The first-order valence-electron chi connectivity index (χ1n) is 11.0. The Bertz CT molecular complexity index is 1150. The van der Waals surface area contributed by atoms with E-state index in [4.69, 9.17) is 0 Å². The van der Waals surface area contributed by atoms with E-state index in [0.29, 0.717) is 12.3 Å². The fourth-order valence-corrected chi connectivity index (χ4v) is 5.99. The number of aromatic amines is 1. The third-order valence-corrected chi connectivity index (χ3v) is 7.80. The van der Waals surface area contributed by atoms with Crippen molar-refractivity contribution in [3.8, 4) is 0 Å². The third-order valence-electron chi connectivity index (χ3n) is 5.90. The van der Waals surface area contributed by atoms with E-state index in [1.54, 1.807) is 23.1 Å². The second-order valence-electron chi connectivity index (χ2n) is 7.99. The molecule has 1 aliphatic heterocycles. The standard InChI is InChI=1S/C25H26N4OS2/c30-24(26-16-22(23-12-7-15-31-23)29-13-5-6-14-29)19-9-2-1-8-18(19)17-32-25-27-20-10-3-4-11-21(20)28-25/h1-4,7-12,15,22H,5-6,13-14,16-17H2,(H,26,30)(H,27,28). The van der Waals surface area contributed by atoms with Gasteiger partial charge in [0.2, 0.25) is 0 Å². The van der Waals surface area contributed by atoms with E-state index in [-0.39, 0.29) is 11.9 Å². The van der Waals surface area contributed by atoms with Gasteiger partial charge in [-0.1, -0.05) is 48.2 Å². The Kier molecular flexibility index (Phi) is 6.57. The molecule has 1 unspecified atom stereocenters. The average Bonchev–Trinajstić information content (AvgIpc) is 3.60. The minimum Gasteiger partial charge on any atom is -0.350 e. The van der Waals surface area contributed by atoms with Crippen molar-refractivity contribution in [1.82, 2.24) is 20.2 Å². The summed E-state index contributed by atoms with van der Waals surface area (Å²) in [4.78, 5) is 24.9. The topological polar surface area (TPSA) is 61.0 Å². The van der Waals surface area contributed by atoms with E-state index in [9.17, 15) is 4.79 Å². The smallest absolute Gasteiger partial charge is 0.251 e. The Labute approximate surface area is 196 Å². The molecule has 0 radical (unpaired) electrons. The molecule has 5 nitrogen and oxygen atoms in total. The number of thiophene rings is 1. The van der Waals surface area contributed by atoms with Crippen molar-refractivity contribution in [2.75, 3.05) is 19.6 Å². The van der Waals surface area contributed by atoms with Gasteiger partial charge in [0.1, 0.15) is 0 Å². The number of hydrogen-bond donors (Lipinski definition) is 2. The van der Waals surface area contributed by atoms with E-state index in [0.717, 1.165) is 40.4 Å². The molecule has 1 fully saturated rings. The summed E-state index contributed by atoms with van der Waals surface area (Å²) in [5.41, 5.74) is 3.75. The van der Waals surface area contributed by atoms with Gasteiger partial charge in [-0.05, 0) is 61.1 Å². The maximum Gasteiger partial charge on any atom is 0.251 e. The lowest BCUT2D eigenvalue weighted by atomic mass is 10.1. The van der Waals surface area contributed by atoms with Crippen LogP contribution in [-0.2, 0) is 5.75 Å². The highest BCUT2D eigenvalue weighted by molar-refractivity contribution is 7.98. The fraction of sp³-hybridized carbons (Fsp3) is 0.280. The molecule has 1 aliphatic rings. The summed E-state index contributed by atoms with van der Waals surface area (Å²) in [6, 6.07) is 20.4. The van der Waals surface area contributed by atoms with Gasteiger partial charge in [0.05, 0.1) is 17.1 Å². The summed E-state index contributed by atoms with van der Waals surface area (Å²) in [7, 11) is 0. The SMILES string of the molecule is O=C(NCC(c1cccs1)N1CCCC1)c1ccccc1CSc1nc2ccccc2[nH]1. The van der Waals surface area contributed by atoms with Gasteiger partial charge in [0.15, 0.2) is 5.16 Å². The van der Waals surface area contributed by atoms with Crippen LogP contribution in [0.1, 0.15) is 39.7 Å². The van der Waals surface area contributed by atoms with Crippen LogP contribution in [0.2, 0.25) is 0 Å². The third kappa shape index (κ3) is 4.75. The molecule has 7 heteroatoms. The van der Waals surface area contributed by atoms with E-state index >= 15 is 0 Å². The molecule has 1 amide bonds. The summed E-state index contributed by atoms with van der Waals surface area (Å²) in [5, 5.41) is 6.20. The van der Waals surface area contributed by atoms with Gasteiger partial charge in [-0.3, -0.25) is 9.69 Å². The number of benzene rings is 2. The minimum atomic E-state index is -0.00782. The van der Waals surface area contributed by atoms with Crippen molar-refractivity contribution in [3.63, 3.8) is 0 Å². The second-order valence-corrected chi connectivity index (χ2v) is 9.93. The second kappa shape index (κ2) is 9.90. The minimum absolute atomic E-state index is 0.00782. The Morgan fingerprint density at radius 1 is 1.09 bits per heavy atom. The van der Waals surface area contributed by atoms with Crippen LogP contribution in [0.5, 0.6) is 0 Å². The number of amides is 1. The summed E-state index contributed by atoms with van der Waals surface area (Å²) in [6.07, 6.45) is 2.47. The molecule has 2 N–H and O–H groups in total. The lowest BCUT2D eigenvalue weighted by Crippen LogP contribution is -2.36. The number of thioether (sulfide) groups is 1. The number of fused-ring (bicyclic) bond motifs is 1. The van der Waals surface area contributed by atoms with Gasteiger partial charge in [-0.25, -0.2) is 4.98 Å². The van der Waals surface area contributed by atoms with Crippen LogP contribution in [0.3, 0.4) is 0 Å². The largest absolute Gasteiger partial charge is 0.350 e. The Morgan fingerprint density at radius 2 is 1.91 bits per heavy atom. The zero-order chi connectivity index (χ0) is 21.8. The van der Waals surface area contributed by atoms with Gasteiger partial charge in [0.25, 0.3) is 5.91 Å². The molecule has 5 rings (SSSR count). The van der Waals surface area contributed by atoms with Gasteiger partial charge in [-0.2, -0.15) is 0 Å². The lowest BCUT2D eigenvalue weighted by molar-refractivity contribution is 0.0937. The first-order chi connectivity index (χ1) is 15.8. The summed E-state index contributed by atoms with van der Waals surface area (Å²) in [5.74, 6) is 0.677. The van der Waals surface area contributed by atoms with Gasteiger partial charge in [-0.15, -0.1) is 11.3 Å². The van der Waals surface area contributed by atoms with Crippen LogP contribution in [0.4, 0.5) is 0 Å². The number of nitrogens with one attached hydrogen (secondary N) is 2. The van der Waals surface area contributed by atoms with E-state index in [1.807, 2.05) is 48.5 Å². The molecular formula is C25H26N4OS2. The molecule has 1 saturated heterocycles. The Hall–Kier alpha value is -2.61. The Morgan fingerprint density at radius 3 is 2.72 bits per heavy atom. The first kappa shape index (κ1) is 21.2. The van der Waals surface area contributed by atoms with E-state index < -0.39 is 0 Å². The zero-order valence-corrected chi connectivity index (χ0v) is 19.4. The van der Waals surface area contributed by atoms with Crippen molar-refractivity contribution in [1.29, 1.82) is 0 Å². The molecule has 164 valence electrons. The van der Waals surface area contributed by atoms with Crippen LogP contribution in [-0.4, -0.2) is 40.4 Å². The molecule has 32 heavy (non-hydrogen) atoms. The molecule has 3 heterocycles. The highest BCUT2D eigenvalue weighted by atomic mass is 32.2. The zero-order valence-electron chi connectivity index (χ0n) is 17.8. The average molecular weight is 463 g/mol. The fourth-order valence-electron chi connectivity index (χ4n) is 4.24. The molecular weight excluding hydrogens is 436 g/mol. The maximum atomic E-state index is 13.1. The summed E-state index contributed by atoms with van der Waals surface area (Å²) >= 11 is 3.39. The number of imidazole rings is 1. The number of H-pyrrole nitrogens is 1. The number of likely N-dealkylation sites (tertiary alicyclic amines) is 1.